The van der Waals surface area contributed by atoms with Gasteiger partial charge in [0.15, 0.2) is 0 Å². The van der Waals surface area contributed by atoms with Gasteiger partial charge in [0.05, 0.1) is 18.0 Å². The Kier molecular flexibility index (Phi) is 3.59. The fourth-order valence-corrected chi connectivity index (χ4v) is 1.11. The van der Waals surface area contributed by atoms with Gasteiger partial charge in [0.1, 0.15) is 0 Å². The molecule has 1 aromatic carbocycles. The molecule has 4 nitrogen and oxygen atoms in total. The predicted molar refractivity (Wildman–Crippen MR) is 56.5 cm³/mol. The van der Waals surface area contributed by atoms with Crippen LogP contribution in [0.1, 0.15) is 6.92 Å². The summed E-state index contributed by atoms with van der Waals surface area (Å²) in [6.07, 6.45) is -0.526. The van der Waals surface area contributed by atoms with Crippen LogP contribution in [0.3, 0.4) is 0 Å². The van der Waals surface area contributed by atoms with Crippen molar-refractivity contribution in [2.24, 2.45) is 0 Å². The first-order valence-electron chi connectivity index (χ1n) is 4.12. The van der Waals surface area contributed by atoms with Gasteiger partial charge in [-0.1, -0.05) is 11.6 Å². The van der Waals surface area contributed by atoms with E-state index >= 15 is 0 Å². The summed E-state index contributed by atoms with van der Waals surface area (Å²) < 4.78 is 4.69. The van der Waals surface area contributed by atoms with Crippen LogP contribution in [0.4, 0.5) is 16.2 Å². The highest BCUT2D eigenvalue weighted by molar-refractivity contribution is 6.31. The molecule has 0 heterocycles. The third-order valence-corrected chi connectivity index (χ3v) is 1.76. The summed E-state index contributed by atoms with van der Waals surface area (Å²) in [6, 6.07) is 4.82. The Balaban J connectivity index is 2.72. The number of rotatable bonds is 2. The molecule has 1 rings (SSSR count). The zero-order valence-corrected chi connectivity index (χ0v) is 8.47. The molecule has 0 fully saturated rings. The molecule has 0 saturated carbocycles. The first-order chi connectivity index (χ1) is 6.63. The van der Waals surface area contributed by atoms with Crippen LogP contribution < -0.4 is 11.1 Å². The summed E-state index contributed by atoms with van der Waals surface area (Å²) in [7, 11) is 0. The highest BCUT2D eigenvalue weighted by Crippen LogP contribution is 2.22. The lowest BCUT2D eigenvalue weighted by Crippen LogP contribution is -2.14. The minimum atomic E-state index is -0.526. The molecule has 0 saturated heterocycles. The number of halogens is 1. The van der Waals surface area contributed by atoms with Crippen molar-refractivity contribution in [1.29, 1.82) is 0 Å². The number of nitrogen functional groups attached to an aromatic ring is 1. The van der Waals surface area contributed by atoms with E-state index in [1.165, 1.54) is 0 Å². The maximum Gasteiger partial charge on any atom is 0.411 e. The van der Waals surface area contributed by atoms with Crippen molar-refractivity contribution in [3.8, 4) is 0 Å². The number of nitrogens with two attached hydrogens (primary N) is 1. The number of hydrogen-bond acceptors (Lipinski definition) is 3. The third kappa shape index (κ3) is 2.81. The first-order valence-corrected chi connectivity index (χ1v) is 4.50. The molecule has 1 amide bonds. The van der Waals surface area contributed by atoms with Gasteiger partial charge in [-0.2, -0.15) is 0 Å². The maximum absolute atomic E-state index is 11.0. The molecular weight excluding hydrogens is 204 g/mol. The Hall–Kier alpha value is -1.42. The molecule has 1 aromatic rings. The molecule has 14 heavy (non-hydrogen) atoms. The molecule has 0 aliphatic carbocycles. The van der Waals surface area contributed by atoms with Crippen LogP contribution in [0.5, 0.6) is 0 Å². The number of nitrogens with one attached hydrogen (secondary N) is 1. The fourth-order valence-electron chi connectivity index (χ4n) is 0.925. The van der Waals surface area contributed by atoms with E-state index in [-0.39, 0.29) is 0 Å². The lowest BCUT2D eigenvalue weighted by Gasteiger charge is -2.07. The molecule has 0 radical (unpaired) electrons. The molecule has 76 valence electrons. The van der Waals surface area contributed by atoms with Gasteiger partial charge in [0.25, 0.3) is 0 Å². The Morgan fingerprint density at radius 2 is 2.36 bits per heavy atom. The van der Waals surface area contributed by atoms with Gasteiger partial charge in [-0.05, 0) is 25.1 Å². The lowest BCUT2D eigenvalue weighted by atomic mass is 10.3. The summed E-state index contributed by atoms with van der Waals surface area (Å²) in [4.78, 5) is 11.0. The van der Waals surface area contributed by atoms with E-state index in [1.54, 1.807) is 25.1 Å². The van der Waals surface area contributed by atoms with Crippen LogP contribution in [-0.4, -0.2) is 12.7 Å². The Morgan fingerprint density at radius 3 is 2.93 bits per heavy atom. The van der Waals surface area contributed by atoms with Crippen molar-refractivity contribution < 1.29 is 9.53 Å². The fraction of sp³-hybridized carbons (Fsp3) is 0.222. The first kappa shape index (κ1) is 10.7. The number of carbonyl (C=O) groups is 1. The van der Waals surface area contributed by atoms with Crippen LogP contribution in [0.2, 0.25) is 5.02 Å². The number of amides is 1. The average Bonchev–Trinajstić information content (AvgIpc) is 2.10. The molecule has 0 aliphatic rings. The van der Waals surface area contributed by atoms with Crippen LogP contribution in [-0.2, 0) is 4.74 Å². The Morgan fingerprint density at radius 1 is 1.64 bits per heavy atom. The summed E-state index contributed by atoms with van der Waals surface area (Å²) in [5, 5.41) is 3.02. The van der Waals surface area contributed by atoms with Gasteiger partial charge in [-0.15, -0.1) is 0 Å². The Bertz CT molecular complexity index is 342. The molecule has 3 N–H and O–H groups in total. The summed E-state index contributed by atoms with van der Waals surface area (Å²) >= 11 is 5.69. The van der Waals surface area contributed by atoms with Gasteiger partial charge in [-0.3, -0.25) is 5.32 Å². The number of carbonyl (C=O) groups excluding carboxylic acids is 1. The molecule has 0 unspecified atom stereocenters. The van der Waals surface area contributed by atoms with Crippen molar-refractivity contribution in [3.05, 3.63) is 23.2 Å². The van der Waals surface area contributed by atoms with Gasteiger partial charge >= 0.3 is 6.09 Å². The topological polar surface area (TPSA) is 64.3 Å². The Labute approximate surface area is 87.0 Å². The summed E-state index contributed by atoms with van der Waals surface area (Å²) in [5.74, 6) is 0. The van der Waals surface area contributed by atoms with Crippen molar-refractivity contribution in [1.82, 2.24) is 0 Å². The number of ether oxygens (including phenoxy) is 1. The normalized spacial score (nSPS) is 9.57. The average molecular weight is 215 g/mol. The zero-order valence-electron chi connectivity index (χ0n) is 7.71. The van der Waals surface area contributed by atoms with E-state index in [0.717, 1.165) is 0 Å². The van der Waals surface area contributed by atoms with E-state index in [9.17, 15) is 4.79 Å². The van der Waals surface area contributed by atoms with Crippen LogP contribution >= 0.6 is 11.6 Å². The van der Waals surface area contributed by atoms with E-state index < -0.39 is 6.09 Å². The van der Waals surface area contributed by atoms with E-state index in [1.807, 2.05) is 0 Å². The van der Waals surface area contributed by atoms with Crippen molar-refractivity contribution >= 4 is 29.1 Å². The largest absolute Gasteiger partial charge is 0.450 e. The molecule has 0 atom stereocenters. The molecule has 0 aliphatic heterocycles. The summed E-state index contributed by atoms with van der Waals surface area (Å²) in [5.41, 5.74) is 6.51. The third-order valence-electron chi connectivity index (χ3n) is 1.53. The van der Waals surface area contributed by atoms with Crippen LogP contribution in [0, 0.1) is 0 Å². The lowest BCUT2D eigenvalue weighted by molar-refractivity contribution is 0.168. The van der Waals surface area contributed by atoms with Crippen molar-refractivity contribution in [2.45, 2.75) is 6.92 Å². The van der Waals surface area contributed by atoms with Gasteiger partial charge in [0, 0.05) is 5.02 Å². The molecule has 5 heteroatoms. The quantitative estimate of drug-likeness (QED) is 0.744. The summed E-state index contributed by atoms with van der Waals surface area (Å²) in [6.45, 7) is 2.05. The molecular formula is C9H11ClN2O2. The minimum absolute atomic E-state index is 0.319. The smallest absolute Gasteiger partial charge is 0.411 e. The molecule has 0 aromatic heterocycles. The van der Waals surface area contributed by atoms with Gasteiger partial charge < -0.3 is 10.5 Å². The number of hydrogen-bond donors (Lipinski definition) is 2. The highest BCUT2D eigenvalue weighted by Gasteiger charge is 2.04. The van der Waals surface area contributed by atoms with E-state index in [4.69, 9.17) is 22.1 Å². The molecule has 0 bridgehead atoms. The zero-order chi connectivity index (χ0) is 10.6. The second-order valence-corrected chi connectivity index (χ2v) is 3.01. The van der Waals surface area contributed by atoms with Crippen LogP contribution in [0.25, 0.3) is 0 Å². The van der Waals surface area contributed by atoms with E-state index in [0.29, 0.717) is 23.0 Å². The van der Waals surface area contributed by atoms with E-state index in [2.05, 4.69) is 5.32 Å². The number of benzene rings is 1. The highest BCUT2D eigenvalue weighted by atomic mass is 35.5. The van der Waals surface area contributed by atoms with Crippen LogP contribution in [0.15, 0.2) is 18.2 Å². The number of anilines is 2. The molecule has 0 spiro atoms. The second-order valence-electron chi connectivity index (χ2n) is 2.58. The minimum Gasteiger partial charge on any atom is -0.450 e. The van der Waals surface area contributed by atoms with Crippen molar-refractivity contribution in [3.63, 3.8) is 0 Å². The monoisotopic (exact) mass is 214 g/mol. The van der Waals surface area contributed by atoms with Gasteiger partial charge in [-0.25, -0.2) is 4.79 Å². The maximum atomic E-state index is 11.0. The van der Waals surface area contributed by atoms with Gasteiger partial charge in [0.2, 0.25) is 0 Å². The second kappa shape index (κ2) is 4.72. The SMILES string of the molecule is CCOC(=O)Nc1ccc(Cl)cc1N. The predicted octanol–water partition coefficient (Wildman–Crippen LogP) is 2.49. The standard InChI is InChI=1S/C9H11ClN2O2/c1-2-14-9(13)12-8-4-3-6(10)5-7(8)11/h3-5H,2,11H2,1H3,(H,12,13). The van der Waals surface area contributed by atoms with Crippen molar-refractivity contribution in [2.75, 3.05) is 17.7 Å².